The highest BCUT2D eigenvalue weighted by atomic mass is 16.4. The number of carbonyl (C=O) groups is 1. The van der Waals surface area contributed by atoms with E-state index in [1.54, 1.807) is 0 Å². The largest absolute Gasteiger partial charge is 0.481 e. The molecule has 0 aliphatic heterocycles. The Morgan fingerprint density at radius 1 is 0.800 bits per heavy atom. The first-order chi connectivity index (χ1) is 9.77. The highest BCUT2D eigenvalue weighted by molar-refractivity contribution is 5.66. The molecule has 0 fully saturated rings. The topological polar surface area (TPSA) is 37.3 Å². The van der Waals surface area contributed by atoms with Crippen molar-refractivity contribution in [3.05, 3.63) is 0 Å². The lowest BCUT2D eigenvalue weighted by Crippen LogP contribution is -1.93. The molecule has 96 valence electrons. The molecule has 0 amide bonds. The van der Waals surface area contributed by atoms with E-state index in [9.17, 15) is 4.79 Å². The molecule has 0 aromatic heterocycles. The molecule has 0 saturated carbocycles. The second-order valence-electron chi connectivity index (χ2n) is 3.40. The molecule has 0 aliphatic rings. The lowest BCUT2D eigenvalue weighted by molar-refractivity contribution is -0.137. The van der Waals surface area contributed by atoms with Gasteiger partial charge in [-0.1, -0.05) is 12.3 Å². The van der Waals surface area contributed by atoms with E-state index in [1.165, 1.54) is 0 Å². The summed E-state index contributed by atoms with van der Waals surface area (Å²) in [5.41, 5.74) is 0. The first-order valence-electron chi connectivity index (χ1n) is 5.92. The zero-order valence-electron chi connectivity index (χ0n) is 11.0. The SMILES string of the molecule is C#CC#CC#CC#CC#CC#CCCCCCC(=O)O. The number of carboxylic acid groups (broad SMARTS) is 1. The van der Waals surface area contributed by atoms with Gasteiger partial charge >= 0.3 is 5.97 Å². The third-order valence-corrected chi connectivity index (χ3v) is 1.85. The molecule has 0 saturated heterocycles. The van der Waals surface area contributed by atoms with Crippen LogP contribution in [0.5, 0.6) is 0 Å². The zero-order valence-corrected chi connectivity index (χ0v) is 11.0. The van der Waals surface area contributed by atoms with Crippen LogP contribution in [0.4, 0.5) is 0 Å². The Labute approximate surface area is 120 Å². The molecule has 0 atom stereocenters. The van der Waals surface area contributed by atoms with Crippen LogP contribution in [0.2, 0.25) is 0 Å². The second kappa shape index (κ2) is 13.9. The Morgan fingerprint density at radius 2 is 1.35 bits per heavy atom. The van der Waals surface area contributed by atoms with Crippen LogP contribution < -0.4 is 0 Å². The Morgan fingerprint density at radius 3 is 1.90 bits per heavy atom. The van der Waals surface area contributed by atoms with Crippen LogP contribution in [0.25, 0.3) is 0 Å². The lowest BCUT2D eigenvalue weighted by Gasteiger charge is -1.92. The van der Waals surface area contributed by atoms with Crippen molar-refractivity contribution in [2.24, 2.45) is 0 Å². The van der Waals surface area contributed by atoms with Crippen LogP contribution in [-0.2, 0) is 4.79 Å². The maximum Gasteiger partial charge on any atom is 0.303 e. The van der Waals surface area contributed by atoms with Gasteiger partial charge < -0.3 is 5.11 Å². The van der Waals surface area contributed by atoms with Crippen molar-refractivity contribution in [1.29, 1.82) is 0 Å². The number of unbranched alkanes of at least 4 members (excludes halogenated alkanes) is 3. The van der Waals surface area contributed by atoms with E-state index >= 15 is 0 Å². The number of aliphatic carboxylic acids is 1. The van der Waals surface area contributed by atoms with Crippen molar-refractivity contribution in [3.63, 3.8) is 0 Å². The number of hydrogen-bond acceptors (Lipinski definition) is 1. The Hall–Kier alpha value is -3.17. The molecule has 0 heterocycles. The van der Waals surface area contributed by atoms with Gasteiger partial charge in [-0.05, 0) is 72.0 Å². The van der Waals surface area contributed by atoms with Gasteiger partial charge in [0, 0.05) is 12.8 Å². The molecular weight excluding hydrogens is 248 g/mol. The molecule has 0 radical (unpaired) electrons. The Bertz CT molecular complexity index is 663. The molecule has 1 N–H and O–H groups in total. The highest BCUT2D eigenvalue weighted by Gasteiger charge is 1.94. The minimum atomic E-state index is -0.756. The van der Waals surface area contributed by atoms with Crippen molar-refractivity contribution in [1.82, 2.24) is 0 Å². The van der Waals surface area contributed by atoms with Crippen LogP contribution in [0, 0.1) is 71.5 Å². The first-order valence-corrected chi connectivity index (χ1v) is 5.92. The quantitative estimate of drug-likeness (QED) is 0.603. The van der Waals surface area contributed by atoms with Gasteiger partial charge in [0.15, 0.2) is 0 Å². The van der Waals surface area contributed by atoms with E-state index < -0.39 is 5.97 Å². The summed E-state index contributed by atoms with van der Waals surface area (Å²) in [5, 5.41) is 8.43. The standard InChI is InChI=1S/C18H12O2/c1-2-3-4-5-6-7-8-9-10-11-12-13-14-15-16-17-18(19)20/h1H,13-17H2,(H,19,20). The summed E-state index contributed by atoms with van der Waals surface area (Å²) in [6.07, 6.45) is 8.26. The zero-order chi connectivity index (χ0) is 14.9. The lowest BCUT2D eigenvalue weighted by atomic mass is 10.1. The van der Waals surface area contributed by atoms with E-state index in [-0.39, 0.29) is 6.42 Å². The molecule has 0 bridgehead atoms. The van der Waals surface area contributed by atoms with Crippen LogP contribution in [0.1, 0.15) is 32.1 Å². The molecule has 20 heavy (non-hydrogen) atoms. The number of terminal acetylenes is 1. The van der Waals surface area contributed by atoms with E-state index in [4.69, 9.17) is 11.5 Å². The van der Waals surface area contributed by atoms with E-state index in [2.05, 4.69) is 65.1 Å². The van der Waals surface area contributed by atoms with Gasteiger partial charge in [-0.25, -0.2) is 0 Å². The van der Waals surface area contributed by atoms with Crippen molar-refractivity contribution < 1.29 is 9.90 Å². The summed E-state index contributed by atoms with van der Waals surface area (Å²) >= 11 is 0. The minimum absolute atomic E-state index is 0.218. The predicted molar refractivity (Wildman–Crippen MR) is 78.4 cm³/mol. The molecule has 0 aromatic rings. The molecule has 0 rings (SSSR count). The fourth-order valence-electron chi connectivity index (χ4n) is 1.03. The molecule has 0 aromatic carbocycles. The summed E-state index contributed by atoms with van der Waals surface area (Å²) in [5.74, 6) is 26.7. The molecule has 0 aliphatic carbocycles. The van der Waals surface area contributed by atoms with E-state index in [1.807, 2.05) is 0 Å². The fourth-order valence-corrected chi connectivity index (χ4v) is 1.03. The molecule has 0 unspecified atom stereocenters. The molecule has 2 heteroatoms. The average Bonchev–Trinajstić information content (AvgIpc) is 2.43. The molecular formula is C18H12O2. The average molecular weight is 260 g/mol. The third-order valence-electron chi connectivity index (χ3n) is 1.85. The first kappa shape index (κ1) is 16.8. The Balaban J connectivity index is 3.80. The summed E-state index contributed by atoms with van der Waals surface area (Å²) in [4.78, 5) is 10.2. The van der Waals surface area contributed by atoms with Gasteiger partial charge in [0.1, 0.15) is 0 Å². The van der Waals surface area contributed by atoms with Crippen LogP contribution >= 0.6 is 0 Å². The van der Waals surface area contributed by atoms with Gasteiger partial charge in [0.05, 0.1) is 0 Å². The van der Waals surface area contributed by atoms with Crippen molar-refractivity contribution in [3.8, 4) is 71.5 Å². The van der Waals surface area contributed by atoms with Gasteiger partial charge in [0.25, 0.3) is 0 Å². The monoisotopic (exact) mass is 260 g/mol. The summed E-state index contributed by atoms with van der Waals surface area (Å²) in [6.45, 7) is 0. The van der Waals surface area contributed by atoms with Crippen LogP contribution in [0.3, 0.4) is 0 Å². The normalized spacial score (nSPS) is 6.35. The maximum atomic E-state index is 10.2. The summed E-state index contributed by atoms with van der Waals surface area (Å²) in [6, 6.07) is 0. The van der Waals surface area contributed by atoms with Crippen molar-refractivity contribution in [2.45, 2.75) is 32.1 Å². The van der Waals surface area contributed by atoms with Crippen LogP contribution in [0.15, 0.2) is 0 Å². The molecule has 2 nitrogen and oxygen atoms in total. The predicted octanol–water partition coefficient (Wildman–Crippen LogP) is 1.67. The van der Waals surface area contributed by atoms with Crippen molar-refractivity contribution in [2.75, 3.05) is 0 Å². The second-order valence-corrected chi connectivity index (χ2v) is 3.40. The maximum absolute atomic E-state index is 10.2. The number of hydrogen-bond donors (Lipinski definition) is 1. The van der Waals surface area contributed by atoms with Gasteiger partial charge in [-0.3, -0.25) is 4.79 Å². The highest BCUT2D eigenvalue weighted by Crippen LogP contribution is 2.01. The van der Waals surface area contributed by atoms with E-state index in [0.717, 1.165) is 12.8 Å². The number of carboxylic acids is 1. The fraction of sp³-hybridized carbons (Fsp3) is 0.278. The smallest absolute Gasteiger partial charge is 0.303 e. The van der Waals surface area contributed by atoms with Gasteiger partial charge in [0.2, 0.25) is 0 Å². The summed E-state index contributed by atoms with van der Waals surface area (Å²) in [7, 11) is 0. The van der Waals surface area contributed by atoms with Crippen molar-refractivity contribution >= 4 is 5.97 Å². The number of rotatable bonds is 5. The summed E-state index contributed by atoms with van der Waals surface area (Å²) < 4.78 is 0. The molecule has 0 spiro atoms. The Kier molecular flexibility index (Phi) is 11.7. The van der Waals surface area contributed by atoms with Crippen LogP contribution in [-0.4, -0.2) is 11.1 Å². The van der Waals surface area contributed by atoms with Gasteiger partial charge in [-0.15, -0.1) is 6.42 Å². The van der Waals surface area contributed by atoms with Gasteiger partial charge in [-0.2, -0.15) is 0 Å². The minimum Gasteiger partial charge on any atom is -0.481 e. The third kappa shape index (κ3) is 14.8. The van der Waals surface area contributed by atoms with E-state index in [0.29, 0.717) is 12.8 Å².